The summed E-state index contributed by atoms with van der Waals surface area (Å²) in [5.74, 6) is 0. The van der Waals surface area contributed by atoms with Gasteiger partial charge in [0.1, 0.15) is 0 Å². The van der Waals surface area contributed by atoms with Crippen LogP contribution in [-0.4, -0.2) is 20.6 Å². The molecule has 3 aromatic rings. The topological polar surface area (TPSA) is 120 Å². The summed E-state index contributed by atoms with van der Waals surface area (Å²) in [5.41, 5.74) is 5.27. The van der Waals surface area contributed by atoms with Gasteiger partial charge in [-0.1, -0.05) is 54.1 Å². The Hall–Kier alpha value is 0.320. The summed E-state index contributed by atoms with van der Waals surface area (Å²) in [4.78, 5) is 22.7. The van der Waals surface area contributed by atoms with Crippen molar-refractivity contribution in [3.63, 3.8) is 0 Å². The van der Waals surface area contributed by atoms with Crippen LogP contribution in [0.2, 0.25) is 5.02 Å². The van der Waals surface area contributed by atoms with E-state index >= 15 is 0 Å². The van der Waals surface area contributed by atoms with Crippen LogP contribution >= 0.6 is 39.9 Å². The van der Waals surface area contributed by atoms with Gasteiger partial charge in [0.2, 0.25) is 0 Å². The Kier molecular flexibility index (Phi) is 15.8. The van der Waals surface area contributed by atoms with Crippen molar-refractivity contribution in [2.45, 2.75) is 11.3 Å². The molecule has 3 aliphatic heterocycles. The Bertz CT molecular complexity index is 1200. The van der Waals surface area contributed by atoms with E-state index in [1.165, 1.54) is 22.5 Å². The molecule has 6 rings (SSSR count). The molecule has 0 spiro atoms. The van der Waals surface area contributed by atoms with E-state index in [0.717, 1.165) is 16.3 Å². The summed E-state index contributed by atoms with van der Waals surface area (Å²) in [5, 5.41) is 0.794. The van der Waals surface area contributed by atoms with Crippen molar-refractivity contribution < 1.29 is 96.1 Å². The molecule has 0 amide bonds. The van der Waals surface area contributed by atoms with Crippen LogP contribution in [0.1, 0.15) is 11.1 Å². The van der Waals surface area contributed by atoms with Crippen molar-refractivity contribution in [2.24, 2.45) is 0 Å². The Labute approximate surface area is 270 Å². The summed E-state index contributed by atoms with van der Waals surface area (Å²) in [6.45, 7) is -0.221. The summed E-state index contributed by atoms with van der Waals surface area (Å²) in [7, 11) is -5.32. The monoisotopic (exact) mass is 603 g/mol. The molecule has 0 aliphatic carbocycles. The number of phosphoric acid groups is 2. The molecular weight excluding hydrogens is 582 g/mol. The van der Waals surface area contributed by atoms with Crippen LogP contribution in [0.3, 0.4) is 0 Å². The van der Waals surface area contributed by atoms with Gasteiger partial charge in [-0.05, 0) is 41.5 Å². The van der Waals surface area contributed by atoms with Crippen LogP contribution in [0, 0.1) is 0 Å². The molecule has 37 heavy (non-hydrogen) atoms. The van der Waals surface area contributed by atoms with Crippen LogP contribution in [0.25, 0.3) is 0 Å². The first kappa shape index (κ1) is 35.3. The predicted octanol–water partition coefficient (Wildman–Crippen LogP) is -1.09. The maximum Gasteiger partial charge on any atom is 1.00 e. The SMILES string of the molecule is CN1c2ccccc2Cc2c(S)cccc21.Clc1ccccc1.O=P1([O-])OCO1.O=P1([O-])OCO1.[Na+].[Na+]. The van der Waals surface area contributed by atoms with Gasteiger partial charge in [0.25, 0.3) is 15.6 Å². The number of halogens is 1. The largest absolute Gasteiger partial charge is 1.00 e. The van der Waals surface area contributed by atoms with E-state index in [9.17, 15) is 18.9 Å². The number of thiol groups is 1. The second kappa shape index (κ2) is 16.6. The Balaban J connectivity index is 0.000000273. The van der Waals surface area contributed by atoms with Crippen molar-refractivity contribution in [3.8, 4) is 0 Å². The maximum absolute atomic E-state index is 9.67. The summed E-state index contributed by atoms with van der Waals surface area (Å²) in [6.07, 6.45) is 0.982. The molecule has 2 fully saturated rings. The molecule has 0 saturated carbocycles. The zero-order chi connectivity index (χ0) is 25.5. The molecule has 0 atom stereocenters. The van der Waals surface area contributed by atoms with Gasteiger partial charge in [0, 0.05) is 34.8 Å². The minimum atomic E-state index is -3.72. The molecule has 0 radical (unpaired) electrons. The minimum absolute atomic E-state index is 0. The zero-order valence-corrected chi connectivity index (χ0v) is 27.9. The number of hydrogen-bond donors (Lipinski definition) is 1. The number of para-hydroxylation sites is 1. The van der Waals surface area contributed by atoms with Gasteiger partial charge >= 0.3 is 59.1 Å². The second-order valence-electron chi connectivity index (χ2n) is 7.08. The fraction of sp³-hybridized carbons (Fsp3) is 0.182. The van der Waals surface area contributed by atoms with Crippen LogP contribution in [0.15, 0.2) is 77.7 Å². The maximum atomic E-state index is 9.67. The van der Waals surface area contributed by atoms with Gasteiger partial charge in [-0.25, -0.2) is 0 Å². The van der Waals surface area contributed by atoms with Crippen LogP contribution < -0.4 is 73.8 Å². The van der Waals surface area contributed by atoms with E-state index in [-0.39, 0.29) is 72.7 Å². The molecule has 3 aromatic carbocycles. The minimum Gasteiger partial charge on any atom is -0.756 e. The van der Waals surface area contributed by atoms with Crippen LogP contribution in [0.4, 0.5) is 11.4 Å². The molecule has 15 heteroatoms. The van der Waals surface area contributed by atoms with Crippen molar-refractivity contribution in [1.29, 1.82) is 0 Å². The summed E-state index contributed by atoms with van der Waals surface area (Å²) in [6, 6.07) is 24.3. The van der Waals surface area contributed by atoms with E-state index in [1.54, 1.807) is 0 Å². The molecule has 9 nitrogen and oxygen atoms in total. The molecule has 2 saturated heterocycles. The average molecular weight is 604 g/mol. The molecule has 0 unspecified atom stereocenters. The van der Waals surface area contributed by atoms with Gasteiger partial charge in [-0.15, -0.1) is 12.6 Å². The number of phosphoric ester groups is 2. The third-order valence-electron chi connectivity index (χ3n) is 4.78. The summed E-state index contributed by atoms with van der Waals surface area (Å²) < 4.78 is 34.9. The standard InChI is InChI=1S/C14H13NS.C6H5Cl.2CH3O4P.2Na/c1-15-12-6-3-2-5-10(12)9-11-13(15)7-4-8-14(11)16;7-6-4-2-1-3-5-6;2*2-6(3)4-1-5-6;;/h2-8,16H,9H2,1H3;1-5H;2*1H2,(H,2,3);;/q;;;;2*+1/p-2. The predicted molar refractivity (Wildman–Crippen MR) is 132 cm³/mol. The number of fused-ring (bicyclic) bond motifs is 2. The first-order valence-electron chi connectivity index (χ1n) is 10.1. The Morgan fingerprint density at radius 3 is 1.68 bits per heavy atom. The second-order valence-corrected chi connectivity index (χ2v) is 10.8. The van der Waals surface area contributed by atoms with Crippen molar-refractivity contribution in [2.75, 3.05) is 25.5 Å². The molecule has 0 bridgehead atoms. The zero-order valence-electron chi connectivity index (χ0n) is 20.5. The molecule has 3 aliphatic rings. The molecule has 0 aromatic heterocycles. The first-order chi connectivity index (χ1) is 16.6. The Morgan fingerprint density at radius 2 is 1.24 bits per heavy atom. The fourth-order valence-electron chi connectivity index (χ4n) is 3.06. The van der Waals surface area contributed by atoms with E-state index in [1.807, 2.05) is 30.3 Å². The Morgan fingerprint density at radius 1 is 0.784 bits per heavy atom. The fourth-order valence-corrected chi connectivity index (χ4v) is 4.04. The van der Waals surface area contributed by atoms with E-state index in [4.69, 9.17) is 11.6 Å². The van der Waals surface area contributed by atoms with Gasteiger partial charge in [-0.3, -0.25) is 27.2 Å². The summed E-state index contributed by atoms with van der Waals surface area (Å²) >= 11 is 10.1. The van der Waals surface area contributed by atoms with Crippen molar-refractivity contribution in [1.82, 2.24) is 0 Å². The number of anilines is 2. The number of hydrogen-bond acceptors (Lipinski definition) is 10. The number of rotatable bonds is 0. The third-order valence-corrected chi connectivity index (χ3v) is 7.14. The smallest absolute Gasteiger partial charge is 0.756 e. The third kappa shape index (κ3) is 11.4. The molecule has 3 heterocycles. The van der Waals surface area contributed by atoms with E-state index in [2.05, 4.69) is 85.1 Å². The van der Waals surface area contributed by atoms with E-state index in [0.29, 0.717) is 0 Å². The quantitative estimate of drug-likeness (QED) is 0.194. The van der Waals surface area contributed by atoms with Gasteiger partial charge in [-0.2, -0.15) is 0 Å². The first-order valence-corrected chi connectivity index (χ1v) is 13.9. The van der Waals surface area contributed by atoms with E-state index < -0.39 is 15.6 Å². The van der Waals surface area contributed by atoms with Gasteiger partial charge in [0.15, 0.2) is 13.6 Å². The molecule has 0 N–H and O–H groups in total. The average Bonchev–Trinajstić information content (AvgIpc) is 2.80. The normalized spacial score (nSPS) is 16.7. The number of nitrogens with zero attached hydrogens (tertiary/aromatic N) is 1. The van der Waals surface area contributed by atoms with Gasteiger partial charge < -0.3 is 14.7 Å². The molecule has 188 valence electrons. The van der Waals surface area contributed by atoms with Crippen molar-refractivity contribution >= 4 is 51.2 Å². The van der Waals surface area contributed by atoms with Crippen molar-refractivity contribution in [3.05, 3.63) is 88.9 Å². The van der Waals surface area contributed by atoms with Gasteiger partial charge in [0.05, 0.1) is 0 Å². The van der Waals surface area contributed by atoms with Crippen LogP contribution in [-0.2, 0) is 33.6 Å². The van der Waals surface area contributed by atoms with Crippen LogP contribution in [0.5, 0.6) is 0 Å². The molecular formula is C22H22ClNNa2O8P2S. The number of benzene rings is 3.